The summed E-state index contributed by atoms with van der Waals surface area (Å²) < 4.78 is 11.0. The van der Waals surface area contributed by atoms with E-state index in [0.29, 0.717) is 22.7 Å². The molecular weight excluding hydrogens is 488 g/mol. The number of aliphatic imine (C=N–C) groups is 1. The molecule has 36 heavy (non-hydrogen) atoms. The molecule has 0 spiro atoms. The minimum Gasteiger partial charge on any atom is -0.493 e. The van der Waals surface area contributed by atoms with Crippen molar-refractivity contribution in [3.8, 4) is 11.5 Å². The molecule has 0 fully saturated rings. The van der Waals surface area contributed by atoms with Gasteiger partial charge in [0.2, 0.25) is 11.8 Å². The molecule has 0 aliphatic heterocycles. The molecule has 0 bridgehead atoms. The normalized spacial score (nSPS) is 12.3. The number of amides is 1. The lowest BCUT2D eigenvalue weighted by molar-refractivity contribution is -0.124. The van der Waals surface area contributed by atoms with Gasteiger partial charge in [-0.1, -0.05) is 32.0 Å². The van der Waals surface area contributed by atoms with Gasteiger partial charge in [-0.3, -0.25) is 9.78 Å². The summed E-state index contributed by atoms with van der Waals surface area (Å²) in [4.78, 5) is 25.2. The number of nitrogens with zero attached hydrogens (tertiary/aromatic N) is 2. The molecule has 1 amide bonds. The number of benzene rings is 1. The molecule has 0 radical (unpaired) electrons. The van der Waals surface area contributed by atoms with E-state index in [0.717, 1.165) is 17.8 Å². The van der Waals surface area contributed by atoms with Gasteiger partial charge in [0.1, 0.15) is 19.3 Å². The predicted octanol–water partition coefficient (Wildman–Crippen LogP) is 2.41. The first-order valence-corrected chi connectivity index (χ1v) is 11.6. The molecule has 1 unspecified atom stereocenters. The van der Waals surface area contributed by atoms with Gasteiger partial charge in [-0.15, -0.1) is 0 Å². The lowest BCUT2D eigenvalue weighted by atomic mass is 10.1. The number of methoxy groups -OCH3 is 1. The fourth-order valence-corrected chi connectivity index (χ4v) is 3.55. The first-order valence-electron chi connectivity index (χ1n) is 11.3. The predicted molar refractivity (Wildman–Crippen MR) is 138 cm³/mol. The van der Waals surface area contributed by atoms with Crippen LogP contribution < -0.4 is 20.7 Å². The largest absolute Gasteiger partial charge is 0.493 e. The number of nitrogens with one attached hydrogen (secondary N) is 1. The van der Waals surface area contributed by atoms with Crippen molar-refractivity contribution in [1.82, 2.24) is 10.3 Å². The Balaban J connectivity index is 2.25. The van der Waals surface area contributed by atoms with Crippen LogP contribution in [0.1, 0.15) is 36.4 Å². The summed E-state index contributed by atoms with van der Waals surface area (Å²) in [6.45, 7) is 9.17. The van der Waals surface area contributed by atoms with Crippen LogP contribution in [0.3, 0.4) is 0 Å². The van der Waals surface area contributed by atoms with E-state index < -0.39 is 18.6 Å². The standard InChI is InChI=1S/C25H33ClN4O6/c1-14(2)6-19-8-18(7-15(3)29-19)25(36-27)30-16(4)17-9-21(26)24(22(10-17)34-5)35-13-20(32)11-28-23(33)12-31/h7-10,14,20,31-32H,4,6,11-13,27H2,1-3,5H3,(H,28,33). The fourth-order valence-electron chi connectivity index (χ4n) is 3.28. The van der Waals surface area contributed by atoms with Gasteiger partial charge in [0.05, 0.1) is 17.8 Å². The van der Waals surface area contributed by atoms with Crippen LogP contribution in [-0.2, 0) is 16.1 Å². The summed E-state index contributed by atoms with van der Waals surface area (Å²) in [5.74, 6) is 6.01. The molecular formula is C25H33ClN4O6. The van der Waals surface area contributed by atoms with Gasteiger partial charge >= 0.3 is 0 Å². The highest BCUT2D eigenvalue weighted by Gasteiger charge is 2.17. The van der Waals surface area contributed by atoms with E-state index in [2.05, 4.69) is 35.7 Å². The van der Waals surface area contributed by atoms with Crippen molar-refractivity contribution in [2.24, 2.45) is 16.8 Å². The fraction of sp³-hybridized carbons (Fsp3) is 0.400. The molecule has 1 aromatic heterocycles. The van der Waals surface area contributed by atoms with E-state index in [1.54, 1.807) is 12.1 Å². The molecule has 2 aromatic rings. The molecule has 0 saturated carbocycles. The monoisotopic (exact) mass is 520 g/mol. The van der Waals surface area contributed by atoms with Crippen LogP contribution in [-0.4, -0.2) is 60.0 Å². The van der Waals surface area contributed by atoms with Crippen molar-refractivity contribution in [3.63, 3.8) is 0 Å². The number of aliphatic hydroxyl groups is 2. The van der Waals surface area contributed by atoms with Gasteiger partial charge in [-0.25, -0.2) is 4.99 Å². The molecule has 0 aliphatic carbocycles. The Kier molecular flexibility index (Phi) is 11.1. The van der Waals surface area contributed by atoms with Gasteiger partial charge < -0.3 is 29.8 Å². The molecule has 1 atom stereocenters. The van der Waals surface area contributed by atoms with Crippen LogP contribution in [0.5, 0.6) is 11.5 Å². The van der Waals surface area contributed by atoms with E-state index in [-0.39, 0.29) is 35.6 Å². The number of aryl methyl sites for hydroxylation is 1. The second-order valence-electron chi connectivity index (χ2n) is 8.48. The minimum atomic E-state index is -1.03. The molecule has 11 heteroatoms. The number of hydrogen-bond donors (Lipinski definition) is 4. The minimum absolute atomic E-state index is 0.0990. The second kappa shape index (κ2) is 13.8. The first-order chi connectivity index (χ1) is 17.1. The number of ether oxygens (including phenoxy) is 2. The van der Waals surface area contributed by atoms with Gasteiger partial charge in [-0.05, 0) is 43.5 Å². The number of nitrogens with two attached hydrogens (primary N) is 1. The maximum Gasteiger partial charge on any atom is 0.245 e. The van der Waals surface area contributed by atoms with Gasteiger partial charge in [0.15, 0.2) is 11.5 Å². The lowest BCUT2D eigenvalue weighted by Crippen LogP contribution is -2.36. The summed E-state index contributed by atoms with van der Waals surface area (Å²) in [5, 5.41) is 21.3. The lowest BCUT2D eigenvalue weighted by Gasteiger charge is -2.17. The van der Waals surface area contributed by atoms with Crippen molar-refractivity contribution in [2.45, 2.75) is 33.3 Å². The third-order valence-electron chi connectivity index (χ3n) is 4.88. The Hall–Kier alpha value is -3.18. The zero-order valence-electron chi connectivity index (χ0n) is 20.9. The van der Waals surface area contributed by atoms with Gasteiger partial charge in [0.25, 0.3) is 0 Å². The topological polar surface area (TPSA) is 149 Å². The molecule has 0 saturated heterocycles. The molecule has 0 aliphatic rings. The number of rotatable bonds is 12. The van der Waals surface area contributed by atoms with E-state index >= 15 is 0 Å². The number of aromatic nitrogens is 1. The number of aliphatic hydroxyl groups excluding tert-OH is 2. The van der Waals surface area contributed by atoms with Gasteiger partial charge in [0, 0.05) is 29.1 Å². The first kappa shape index (κ1) is 29.1. The molecule has 196 valence electrons. The van der Waals surface area contributed by atoms with Crippen LogP contribution in [0.4, 0.5) is 0 Å². The maximum absolute atomic E-state index is 11.1. The number of carbonyl (C=O) groups excluding carboxylic acids is 1. The molecule has 1 heterocycles. The Bertz CT molecular complexity index is 1110. The summed E-state index contributed by atoms with van der Waals surface area (Å²) in [7, 11) is 1.44. The van der Waals surface area contributed by atoms with Crippen molar-refractivity contribution in [3.05, 3.63) is 58.4 Å². The van der Waals surface area contributed by atoms with Crippen LogP contribution in [0.15, 0.2) is 35.8 Å². The average Bonchev–Trinajstić information content (AvgIpc) is 2.83. The van der Waals surface area contributed by atoms with Crippen molar-refractivity contribution in [2.75, 3.05) is 26.9 Å². The highest BCUT2D eigenvalue weighted by Crippen LogP contribution is 2.38. The van der Waals surface area contributed by atoms with Crippen LogP contribution in [0, 0.1) is 12.8 Å². The summed E-state index contributed by atoms with van der Waals surface area (Å²) in [5.41, 5.74) is 3.22. The SMILES string of the molecule is C=C(N=C(ON)c1cc(C)nc(CC(C)C)c1)c1cc(Cl)c(OCC(O)CNC(=O)CO)c(OC)c1. The smallest absolute Gasteiger partial charge is 0.245 e. The Morgan fingerprint density at radius 3 is 2.61 bits per heavy atom. The van der Waals surface area contributed by atoms with E-state index in [9.17, 15) is 9.90 Å². The average molecular weight is 521 g/mol. The van der Waals surface area contributed by atoms with Crippen LogP contribution in [0.25, 0.3) is 5.70 Å². The number of halogens is 1. The maximum atomic E-state index is 11.1. The highest BCUT2D eigenvalue weighted by atomic mass is 35.5. The zero-order chi connectivity index (χ0) is 26.8. The number of pyridine rings is 1. The summed E-state index contributed by atoms with van der Waals surface area (Å²) in [6, 6.07) is 6.91. The van der Waals surface area contributed by atoms with E-state index in [1.165, 1.54) is 7.11 Å². The summed E-state index contributed by atoms with van der Waals surface area (Å²) >= 11 is 6.42. The molecule has 2 rings (SSSR count). The van der Waals surface area contributed by atoms with Crippen molar-refractivity contribution < 1.29 is 29.3 Å². The summed E-state index contributed by atoms with van der Waals surface area (Å²) in [6.07, 6.45) is -0.237. The Morgan fingerprint density at radius 1 is 1.28 bits per heavy atom. The second-order valence-corrected chi connectivity index (χ2v) is 8.89. The van der Waals surface area contributed by atoms with Crippen molar-refractivity contribution >= 4 is 29.1 Å². The molecule has 10 nitrogen and oxygen atoms in total. The number of carbonyl (C=O) groups is 1. The third-order valence-corrected chi connectivity index (χ3v) is 5.16. The number of hydrogen-bond acceptors (Lipinski definition) is 9. The third kappa shape index (κ3) is 8.49. The Labute approximate surface area is 215 Å². The van der Waals surface area contributed by atoms with E-state index in [4.69, 9.17) is 36.9 Å². The van der Waals surface area contributed by atoms with Gasteiger partial charge in [-0.2, -0.15) is 5.90 Å². The van der Waals surface area contributed by atoms with E-state index in [1.807, 2.05) is 19.1 Å². The molecule has 5 N–H and O–H groups in total. The Morgan fingerprint density at radius 2 is 2.00 bits per heavy atom. The van der Waals surface area contributed by atoms with Crippen molar-refractivity contribution in [1.29, 1.82) is 0 Å². The van der Waals surface area contributed by atoms with Crippen LogP contribution >= 0.6 is 11.6 Å². The zero-order valence-corrected chi connectivity index (χ0v) is 21.6. The van der Waals surface area contributed by atoms with Crippen LogP contribution in [0.2, 0.25) is 5.02 Å². The highest BCUT2D eigenvalue weighted by molar-refractivity contribution is 6.32. The quantitative estimate of drug-likeness (QED) is 0.189. The molecule has 1 aromatic carbocycles.